The molecule has 6 heteroatoms. The molecule has 20 heavy (non-hydrogen) atoms. The van der Waals surface area contributed by atoms with E-state index < -0.39 is 0 Å². The number of ether oxygens (including phenoxy) is 1. The summed E-state index contributed by atoms with van der Waals surface area (Å²) in [5, 5.41) is 8.13. The number of fused-ring (bicyclic) bond motifs is 1. The van der Waals surface area contributed by atoms with E-state index in [-0.39, 0.29) is 17.2 Å². The fraction of sp³-hybridized carbons (Fsp3) is 0.786. The molecule has 3 fully saturated rings. The van der Waals surface area contributed by atoms with E-state index in [2.05, 4.69) is 10.2 Å². The standard InChI is InChI=1S/C14H19N3O3/c1-9-15-16-13(20-9)14-7-17(5-11(14)6-19-8-14)12(18)4-10-2-3-10/h10-11H,2-8H2,1H3/t11-,14-/m0/s1. The molecule has 0 bridgehead atoms. The van der Waals surface area contributed by atoms with Gasteiger partial charge in [0.2, 0.25) is 17.7 Å². The maximum atomic E-state index is 12.3. The third kappa shape index (κ3) is 1.85. The SMILES string of the molecule is Cc1nnc([C@@]23COC[C@@H]2CN(C(=O)CC2CC2)C3)o1. The van der Waals surface area contributed by atoms with Gasteiger partial charge < -0.3 is 14.1 Å². The predicted octanol–water partition coefficient (Wildman–Crippen LogP) is 0.905. The summed E-state index contributed by atoms with van der Waals surface area (Å²) in [4.78, 5) is 14.3. The van der Waals surface area contributed by atoms with E-state index >= 15 is 0 Å². The summed E-state index contributed by atoms with van der Waals surface area (Å²) in [6.07, 6.45) is 3.12. The summed E-state index contributed by atoms with van der Waals surface area (Å²) < 4.78 is 11.3. The van der Waals surface area contributed by atoms with Crippen molar-refractivity contribution < 1.29 is 13.9 Å². The zero-order valence-electron chi connectivity index (χ0n) is 11.7. The molecule has 1 aliphatic carbocycles. The Bertz CT molecular complexity index is 540. The van der Waals surface area contributed by atoms with Gasteiger partial charge in [0.05, 0.1) is 18.6 Å². The number of carbonyl (C=O) groups is 1. The summed E-state index contributed by atoms with van der Waals surface area (Å²) >= 11 is 0. The van der Waals surface area contributed by atoms with E-state index in [4.69, 9.17) is 9.15 Å². The Morgan fingerprint density at radius 1 is 1.45 bits per heavy atom. The molecule has 6 nitrogen and oxygen atoms in total. The molecule has 0 radical (unpaired) electrons. The molecule has 2 atom stereocenters. The summed E-state index contributed by atoms with van der Waals surface area (Å²) in [5.74, 6) is 2.39. The van der Waals surface area contributed by atoms with Gasteiger partial charge in [0, 0.05) is 32.4 Å². The number of carbonyl (C=O) groups excluding carboxylic acids is 1. The van der Waals surface area contributed by atoms with Crippen LogP contribution in [0.25, 0.3) is 0 Å². The molecule has 108 valence electrons. The lowest BCUT2D eigenvalue weighted by molar-refractivity contribution is -0.131. The summed E-state index contributed by atoms with van der Waals surface area (Å²) in [6, 6.07) is 0. The predicted molar refractivity (Wildman–Crippen MR) is 68.9 cm³/mol. The summed E-state index contributed by atoms with van der Waals surface area (Å²) in [6.45, 7) is 4.46. The number of nitrogens with zero attached hydrogens (tertiary/aromatic N) is 3. The van der Waals surface area contributed by atoms with Crippen molar-refractivity contribution in [2.24, 2.45) is 11.8 Å². The Morgan fingerprint density at radius 3 is 3.00 bits per heavy atom. The first-order chi connectivity index (χ1) is 9.67. The van der Waals surface area contributed by atoms with Gasteiger partial charge in [-0.3, -0.25) is 4.79 Å². The van der Waals surface area contributed by atoms with E-state index in [1.807, 2.05) is 4.90 Å². The normalized spacial score (nSPS) is 32.6. The molecule has 4 rings (SSSR count). The Balaban J connectivity index is 1.57. The molecular weight excluding hydrogens is 258 g/mol. The smallest absolute Gasteiger partial charge is 0.227 e. The Kier molecular flexibility index (Phi) is 2.64. The van der Waals surface area contributed by atoms with Gasteiger partial charge in [-0.15, -0.1) is 10.2 Å². The van der Waals surface area contributed by atoms with E-state index in [9.17, 15) is 4.79 Å². The minimum absolute atomic E-state index is 0.275. The average Bonchev–Trinajstić information content (AvgIpc) is 2.85. The highest BCUT2D eigenvalue weighted by molar-refractivity contribution is 5.77. The van der Waals surface area contributed by atoms with Gasteiger partial charge in [0.15, 0.2) is 0 Å². The van der Waals surface area contributed by atoms with Gasteiger partial charge in [0.25, 0.3) is 0 Å². The molecule has 3 aliphatic rings. The molecule has 0 aromatic carbocycles. The molecule has 2 saturated heterocycles. The zero-order chi connectivity index (χ0) is 13.7. The van der Waals surface area contributed by atoms with Crippen LogP contribution < -0.4 is 0 Å². The highest BCUT2D eigenvalue weighted by Crippen LogP contribution is 2.44. The van der Waals surface area contributed by atoms with E-state index in [1.54, 1.807) is 6.92 Å². The van der Waals surface area contributed by atoms with Crippen LogP contribution in [-0.2, 0) is 14.9 Å². The highest BCUT2D eigenvalue weighted by atomic mass is 16.5. The second-order valence-corrected chi connectivity index (χ2v) is 6.42. The Hall–Kier alpha value is -1.43. The van der Waals surface area contributed by atoms with Gasteiger partial charge in [-0.05, 0) is 18.8 Å². The molecule has 0 unspecified atom stereocenters. The van der Waals surface area contributed by atoms with E-state index in [0.29, 0.717) is 43.9 Å². The van der Waals surface area contributed by atoms with Crippen LogP contribution in [-0.4, -0.2) is 47.3 Å². The molecular formula is C14H19N3O3. The topological polar surface area (TPSA) is 68.5 Å². The number of rotatable bonds is 3. The molecule has 1 aromatic heterocycles. The van der Waals surface area contributed by atoms with Crippen LogP contribution in [0.5, 0.6) is 0 Å². The van der Waals surface area contributed by atoms with Crippen LogP contribution in [0, 0.1) is 18.8 Å². The largest absolute Gasteiger partial charge is 0.425 e. The number of aryl methyl sites for hydroxylation is 1. The summed E-state index contributed by atoms with van der Waals surface area (Å²) in [5.41, 5.74) is -0.277. The van der Waals surface area contributed by atoms with Crippen LogP contribution in [0.2, 0.25) is 0 Å². The van der Waals surface area contributed by atoms with E-state index in [1.165, 1.54) is 12.8 Å². The number of amides is 1. The maximum Gasteiger partial charge on any atom is 0.227 e. The zero-order valence-corrected chi connectivity index (χ0v) is 11.7. The van der Waals surface area contributed by atoms with Crippen LogP contribution in [0.3, 0.4) is 0 Å². The van der Waals surface area contributed by atoms with Crippen molar-refractivity contribution in [3.05, 3.63) is 11.8 Å². The summed E-state index contributed by atoms with van der Waals surface area (Å²) in [7, 11) is 0. The van der Waals surface area contributed by atoms with Crippen molar-refractivity contribution >= 4 is 5.91 Å². The fourth-order valence-corrected chi connectivity index (χ4v) is 3.42. The van der Waals surface area contributed by atoms with Gasteiger partial charge in [0.1, 0.15) is 0 Å². The number of likely N-dealkylation sites (tertiary alicyclic amines) is 1. The van der Waals surface area contributed by atoms with Crippen molar-refractivity contribution in [2.45, 2.75) is 31.6 Å². The lowest BCUT2D eigenvalue weighted by atomic mass is 9.81. The van der Waals surface area contributed by atoms with Gasteiger partial charge in [-0.25, -0.2) is 0 Å². The molecule has 1 amide bonds. The van der Waals surface area contributed by atoms with Gasteiger partial charge in [-0.1, -0.05) is 0 Å². The van der Waals surface area contributed by atoms with Crippen molar-refractivity contribution in [2.75, 3.05) is 26.3 Å². The lowest BCUT2D eigenvalue weighted by Crippen LogP contribution is -2.37. The molecule has 1 saturated carbocycles. The highest BCUT2D eigenvalue weighted by Gasteiger charge is 2.56. The first-order valence-electron chi connectivity index (χ1n) is 7.33. The van der Waals surface area contributed by atoms with Crippen molar-refractivity contribution in [1.82, 2.24) is 15.1 Å². The van der Waals surface area contributed by atoms with Crippen LogP contribution in [0.15, 0.2) is 4.42 Å². The van der Waals surface area contributed by atoms with Gasteiger partial charge >= 0.3 is 0 Å². The minimum atomic E-state index is -0.277. The maximum absolute atomic E-state index is 12.3. The molecule has 3 heterocycles. The van der Waals surface area contributed by atoms with Crippen LogP contribution in [0.4, 0.5) is 0 Å². The molecule has 0 spiro atoms. The molecule has 0 N–H and O–H groups in total. The quantitative estimate of drug-likeness (QED) is 0.821. The third-order valence-corrected chi connectivity index (χ3v) is 4.84. The molecule has 1 aromatic rings. The Morgan fingerprint density at radius 2 is 2.30 bits per heavy atom. The van der Waals surface area contributed by atoms with Gasteiger partial charge in [-0.2, -0.15) is 0 Å². The average molecular weight is 277 g/mol. The first kappa shape index (κ1) is 12.3. The fourth-order valence-electron chi connectivity index (χ4n) is 3.42. The second-order valence-electron chi connectivity index (χ2n) is 6.42. The minimum Gasteiger partial charge on any atom is -0.425 e. The Labute approximate surface area is 117 Å². The monoisotopic (exact) mass is 277 g/mol. The van der Waals surface area contributed by atoms with Crippen molar-refractivity contribution in [1.29, 1.82) is 0 Å². The van der Waals surface area contributed by atoms with Crippen LogP contribution >= 0.6 is 0 Å². The second kappa shape index (κ2) is 4.28. The lowest BCUT2D eigenvalue weighted by Gasteiger charge is -2.22. The van der Waals surface area contributed by atoms with Crippen LogP contribution in [0.1, 0.15) is 31.0 Å². The van der Waals surface area contributed by atoms with Crippen molar-refractivity contribution in [3.63, 3.8) is 0 Å². The third-order valence-electron chi connectivity index (χ3n) is 4.84. The number of hydrogen-bond acceptors (Lipinski definition) is 5. The number of aromatic nitrogens is 2. The van der Waals surface area contributed by atoms with E-state index in [0.717, 1.165) is 6.54 Å². The molecule has 2 aliphatic heterocycles. The first-order valence-corrected chi connectivity index (χ1v) is 7.33. The van der Waals surface area contributed by atoms with Crippen molar-refractivity contribution in [3.8, 4) is 0 Å². The number of hydrogen-bond donors (Lipinski definition) is 0.